The molecule has 2 aromatic heterocycles. The quantitative estimate of drug-likeness (QED) is 0.721. The molecule has 0 spiro atoms. The van der Waals surface area contributed by atoms with E-state index in [1.807, 2.05) is 20.8 Å². The number of aromatic amines is 1. The van der Waals surface area contributed by atoms with Crippen LogP contribution in [0.1, 0.15) is 69.4 Å². The fourth-order valence-corrected chi connectivity index (χ4v) is 4.03. The lowest BCUT2D eigenvalue weighted by Gasteiger charge is -2.20. The monoisotopic (exact) mass is 415 g/mol. The van der Waals surface area contributed by atoms with Crippen molar-refractivity contribution in [1.82, 2.24) is 24.8 Å². The molecular weight excluding hydrogens is 382 g/mol. The van der Waals surface area contributed by atoms with Crippen LogP contribution in [0.25, 0.3) is 11.0 Å². The zero-order valence-corrected chi connectivity index (χ0v) is 18.6. The topological polar surface area (TPSA) is 100 Å². The van der Waals surface area contributed by atoms with Crippen LogP contribution in [-0.4, -0.2) is 51.0 Å². The predicted molar refractivity (Wildman–Crippen MR) is 118 cm³/mol. The normalized spacial score (nSPS) is 17.4. The first kappa shape index (κ1) is 22.2. The molecule has 1 aliphatic heterocycles. The van der Waals surface area contributed by atoms with Crippen LogP contribution in [0.4, 0.5) is 0 Å². The summed E-state index contributed by atoms with van der Waals surface area (Å²) in [6.45, 7) is 13.3. The number of fused-ring (bicyclic) bond motifs is 1. The number of nitrogens with zero attached hydrogens (tertiary/aromatic N) is 3. The maximum Gasteiger partial charge on any atom is 0.329 e. The summed E-state index contributed by atoms with van der Waals surface area (Å²) >= 11 is 0. The summed E-state index contributed by atoms with van der Waals surface area (Å²) < 4.78 is 1.46. The Bertz CT molecular complexity index is 1040. The summed E-state index contributed by atoms with van der Waals surface area (Å²) in [4.78, 5) is 47.5. The van der Waals surface area contributed by atoms with Crippen molar-refractivity contribution in [2.75, 3.05) is 19.6 Å². The summed E-state index contributed by atoms with van der Waals surface area (Å²) in [6.07, 6.45) is 1.76. The Morgan fingerprint density at radius 1 is 1.30 bits per heavy atom. The van der Waals surface area contributed by atoms with Gasteiger partial charge in [-0.1, -0.05) is 20.8 Å². The van der Waals surface area contributed by atoms with Gasteiger partial charge in [-0.2, -0.15) is 0 Å². The number of hydrogen-bond acceptors (Lipinski definition) is 5. The maximum absolute atomic E-state index is 13.1. The molecule has 0 aliphatic carbocycles. The molecule has 0 saturated carbocycles. The number of aryl methyl sites for hydroxylation is 1. The van der Waals surface area contributed by atoms with Gasteiger partial charge in [0.1, 0.15) is 0 Å². The van der Waals surface area contributed by atoms with Crippen LogP contribution in [0.2, 0.25) is 0 Å². The van der Waals surface area contributed by atoms with Crippen LogP contribution < -0.4 is 16.6 Å². The Hall–Kier alpha value is -2.48. The molecule has 2 aromatic rings. The van der Waals surface area contributed by atoms with Crippen LogP contribution in [0.3, 0.4) is 0 Å². The molecule has 1 atom stereocenters. The lowest BCUT2D eigenvalue weighted by Crippen LogP contribution is -2.35. The molecule has 3 heterocycles. The average molecular weight is 416 g/mol. The standard InChI is InChI=1S/C22H33N5O3/c1-6-8-27-19-18(21(29)25-22(27)30)16(10-17(24-19)13(2)3)20(28)23-11-15-7-9-26(12-15)14(4)5/h10,13-15H,6-9,11-12H2,1-5H3,(H,23,28)(H,25,29,30). The third kappa shape index (κ3) is 4.48. The molecule has 1 unspecified atom stereocenters. The Balaban J connectivity index is 1.98. The zero-order valence-electron chi connectivity index (χ0n) is 18.6. The minimum Gasteiger partial charge on any atom is -0.352 e. The molecule has 1 saturated heterocycles. The van der Waals surface area contributed by atoms with E-state index in [9.17, 15) is 14.4 Å². The van der Waals surface area contributed by atoms with Crippen molar-refractivity contribution in [3.8, 4) is 0 Å². The summed E-state index contributed by atoms with van der Waals surface area (Å²) in [5, 5.41) is 3.20. The molecule has 0 radical (unpaired) electrons. The van der Waals surface area contributed by atoms with Gasteiger partial charge in [0.2, 0.25) is 0 Å². The molecule has 0 bridgehead atoms. The van der Waals surface area contributed by atoms with Crippen molar-refractivity contribution >= 4 is 16.9 Å². The second-order valence-corrected chi connectivity index (χ2v) is 8.81. The lowest BCUT2D eigenvalue weighted by atomic mass is 10.0. The first-order chi connectivity index (χ1) is 14.2. The molecule has 0 aromatic carbocycles. The van der Waals surface area contributed by atoms with E-state index in [-0.39, 0.29) is 28.4 Å². The van der Waals surface area contributed by atoms with Crippen LogP contribution >= 0.6 is 0 Å². The Labute approximate surface area is 176 Å². The third-order valence-electron chi connectivity index (χ3n) is 5.85. The molecule has 8 nitrogen and oxygen atoms in total. The molecule has 3 rings (SSSR count). The van der Waals surface area contributed by atoms with Crippen molar-refractivity contribution in [2.45, 2.75) is 66.0 Å². The van der Waals surface area contributed by atoms with E-state index in [0.717, 1.165) is 19.5 Å². The van der Waals surface area contributed by atoms with Crippen LogP contribution in [0, 0.1) is 5.92 Å². The zero-order chi connectivity index (χ0) is 22.0. The van der Waals surface area contributed by atoms with Gasteiger partial charge in [-0.05, 0) is 51.1 Å². The number of carbonyl (C=O) groups is 1. The van der Waals surface area contributed by atoms with Gasteiger partial charge in [0.15, 0.2) is 5.65 Å². The smallest absolute Gasteiger partial charge is 0.329 e. The molecule has 30 heavy (non-hydrogen) atoms. The van der Waals surface area contributed by atoms with E-state index < -0.39 is 11.2 Å². The first-order valence-electron chi connectivity index (χ1n) is 10.9. The highest BCUT2D eigenvalue weighted by Crippen LogP contribution is 2.21. The first-order valence-corrected chi connectivity index (χ1v) is 10.9. The van der Waals surface area contributed by atoms with Gasteiger partial charge in [-0.15, -0.1) is 0 Å². The van der Waals surface area contributed by atoms with Crippen molar-refractivity contribution < 1.29 is 4.79 Å². The third-order valence-corrected chi connectivity index (χ3v) is 5.85. The number of amides is 1. The molecule has 1 aliphatic rings. The second-order valence-electron chi connectivity index (χ2n) is 8.81. The number of aromatic nitrogens is 3. The van der Waals surface area contributed by atoms with Gasteiger partial charge >= 0.3 is 5.69 Å². The highest BCUT2D eigenvalue weighted by Gasteiger charge is 2.26. The number of likely N-dealkylation sites (tertiary alicyclic amines) is 1. The number of rotatable bonds is 7. The van der Waals surface area contributed by atoms with Gasteiger partial charge in [-0.3, -0.25) is 19.1 Å². The number of carbonyl (C=O) groups excluding carboxylic acids is 1. The van der Waals surface area contributed by atoms with Gasteiger partial charge in [-0.25, -0.2) is 9.78 Å². The summed E-state index contributed by atoms with van der Waals surface area (Å²) in [6, 6.07) is 2.19. The van der Waals surface area contributed by atoms with Crippen molar-refractivity contribution in [1.29, 1.82) is 0 Å². The fraction of sp³-hybridized carbons (Fsp3) is 0.636. The second kappa shape index (κ2) is 9.12. The van der Waals surface area contributed by atoms with Gasteiger partial charge in [0, 0.05) is 31.4 Å². The number of pyridine rings is 1. The minimum atomic E-state index is -0.567. The van der Waals surface area contributed by atoms with E-state index in [2.05, 4.69) is 34.0 Å². The van der Waals surface area contributed by atoms with Gasteiger partial charge < -0.3 is 10.2 Å². The molecule has 2 N–H and O–H groups in total. The van der Waals surface area contributed by atoms with E-state index in [4.69, 9.17) is 0 Å². The highest BCUT2D eigenvalue weighted by molar-refractivity contribution is 6.05. The molecule has 1 fully saturated rings. The van der Waals surface area contributed by atoms with Crippen molar-refractivity contribution in [3.05, 3.63) is 38.2 Å². The average Bonchev–Trinajstić information content (AvgIpc) is 3.17. The van der Waals surface area contributed by atoms with E-state index in [1.165, 1.54) is 4.57 Å². The number of H-pyrrole nitrogens is 1. The molecule has 164 valence electrons. The predicted octanol–water partition coefficient (Wildman–Crippen LogP) is 2.08. The van der Waals surface area contributed by atoms with E-state index in [1.54, 1.807) is 6.07 Å². The molecular formula is C22H33N5O3. The lowest BCUT2D eigenvalue weighted by molar-refractivity contribution is 0.0948. The van der Waals surface area contributed by atoms with Crippen molar-refractivity contribution in [3.63, 3.8) is 0 Å². The van der Waals surface area contributed by atoms with Crippen LogP contribution in [0.15, 0.2) is 15.7 Å². The maximum atomic E-state index is 13.1. The van der Waals surface area contributed by atoms with Gasteiger partial charge in [0.25, 0.3) is 11.5 Å². The molecule has 8 heteroatoms. The number of hydrogen-bond donors (Lipinski definition) is 2. The summed E-state index contributed by atoms with van der Waals surface area (Å²) in [7, 11) is 0. The largest absolute Gasteiger partial charge is 0.352 e. The fourth-order valence-electron chi connectivity index (χ4n) is 4.03. The summed E-state index contributed by atoms with van der Waals surface area (Å²) in [5.41, 5.74) is 0.202. The Kier molecular flexibility index (Phi) is 6.75. The van der Waals surface area contributed by atoms with E-state index >= 15 is 0 Å². The SMILES string of the molecule is CCCn1c(=O)[nH]c(=O)c2c(C(=O)NCC3CCN(C(C)C)C3)cc(C(C)C)nc21. The van der Waals surface area contributed by atoms with E-state index in [0.29, 0.717) is 37.2 Å². The van der Waals surface area contributed by atoms with Crippen LogP contribution in [0.5, 0.6) is 0 Å². The number of nitrogens with one attached hydrogen (secondary N) is 2. The van der Waals surface area contributed by atoms with Crippen molar-refractivity contribution in [2.24, 2.45) is 5.92 Å². The highest BCUT2D eigenvalue weighted by atomic mass is 16.2. The Morgan fingerprint density at radius 2 is 2.03 bits per heavy atom. The summed E-state index contributed by atoms with van der Waals surface area (Å²) in [5.74, 6) is 0.157. The molecule has 1 amide bonds. The van der Waals surface area contributed by atoms with Crippen LogP contribution in [-0.2, 0) is 6.54 Å². The minimum absolute atomic E-state index is 0.0554. The van der Waals surface area contributed by atoms with Gasteiger partial charge in [0.05, 0.1) is 10.9 Å². The Morgan fingerprint density at radius 3 is 2.63 bits per heavy atom.